The molecule has 0 radical (unpaired) electrons. The maximum atomic E-state index is 12.4. The molecule has 1 saturated carbocycles. The minimum atomic E-state index is -3.71. The molecule has 1 aliphatic rings. The maximum absolute atomic E-state index is 12.4. The summed E-state index contributed by atoms with van der Waals surface area (Å²) in [6.45, 7) is 4.55. The molecule has 190 valence electrons. The lowest BCUT2D eigenvalue weighted by Gasteiger charge is -2.28. The Balaban J connectivity index is 0.00000408. The number of methoxy groups -OCH3 is 1. The van der Waals surface area contributed by atoms with Gasteiger partial charge in [-0.25, -0.2) is 13.1 Å². The SMILES string of the molecule is COc1ccc(CC(C)(C)NC[C@@H](O)COc2ccc(S(=O)(=O)NC3C(Cl)C3Cl)cc2)cc1.Cl. The second-order valence-corrected chi connectivity index (χ2v) is 11.5. The smallest absolute Gasteiger partial charge is 0.240 e. The monoisotopic (exact) mass is 552 g/mol. The van der Waals surface area contributed by atoms with Gasteiger partial charge < -0.3 is 19.9 Å². The molecule has 0 heterocycles. The summed E-state index contributed by atoms with van der Waals surface area (Å²) in [6, 6.07) is 13.4. The van der Waals surface area contributed by atoms with Crippen molar-refractivity contribution < 1.29 is 23.0 Å². The predicted molar refractivity (Wildman–Crippen MR) is 137 cm³/mol. The Bertz CT molecular complexity index is 1010. The minimum absolute atomic E-state index is 0. The molecule has 34 heavy (non-hydrogen) atoms. The molecule has 2 aromatic carbocycles. The van der Waals surface area contributed by atoms with Crippen LogP contribution in [-0.2, 0) is 16.4 Å². The number of sulfonamides is 1. The quantitative estimate of drug-likeness (QED) is 0.349. The average Bonchev–Trinajstić information content (AvgIpc) is 3.34. The van der Waals surface area contributed by atoms with Crippen molar-refractivity contribution in [2.24, 2.45) is 0 Å². The normalized spacial score (nSPS) is 20.8. The van der Waals surface area contributed by atoms with Gasteiger partial charge >= 0.3 is 0 Å². The van der Waals surface area contributed by atoms with E-state index in [0.29, 0.717) is 12.3 Å². The Morgan fingerprint density at radius 1 is 1.03 bits per heavy atom. The van der Waals surface area contributed by atoms with E-state index in [1.54, 1.807) is 19.2 Å². The Morgan fingerprint density at radius 3 is 2.12 bits per heavy atom. The van der Waals surface area contributed by atoms with Crippen LogP contribution in [0.15, 0.2) is 53.4 Å². The molecule has 7 nitrogen and oxygen atoms in total. The fourth-order valence-electron chi connectivity index (χ4n) is 3.29. The number of ether oxygens (including phenoxy) is 2. The molecular weight excluding hydrogens is 523 g/mol. The van der Waals surface area contributed by atoms with Gasteiger partial charge in [-0.05, 0) is 62.2 Å². The van der Waals surface area contributed by atoms with E-state index in [0.717, 1.165) is 17.7 Å². The lowest BCUT2D eigenvalue weighted by Crippen LogP contribution is -2.46. The number of aliphatic hydroxyl groups is 1. The molecule has 3 rings (SSSR count). The van der Waals surface area contributed by atoms with Crippen LogP contribution < -0.4 is 19.5 Å². The van der Waals surface area contributed by atoms with Gasteiger partial charge in [-0.1, -0.05) is 12.1 Å². The molecule has 2 aromatic rings. The van der Waals surface area contributed by atoms with E-state index in [1.807, 2.05) is 24.3 Å². The van der Waals surface area contributed by atoms with Crippen molar-refractivity contribution in [3.8, 4) is 11.5 Å². The Hall–Kier alpha value is -1.26. The molecule has 3 N–H and O–H groups in total. The van der Waals surface area contributed by atoms with E-state index in [4.69, 9.17) is 32.7 Å². The summed E-state index contributed by atoms with van der Waals surface area (Å²) in [6.07, 6.45) is 0.0473. The van der Waals surface area contributed by atoms with Gasteiger partial charge in [0.05, 0.1) is 28.8 Å². The number of hydrogen-bond acceptors (Lipinski definition) is 6. The summed E-state index contributed by atoms with van der Waals surface area (Å²) in [4.78, 5) is 0.0944. The molecule has 11 heteroatoms. The van der Waals surface area contributed by atoms with E-state index < -0.39 is 32.9 Å². The third kappa shape index (κ3) is 8.16. The molecule has 0 aliphatic heterocycles. The van der Waals surface area contributed by atoms with Gasteiger partial charge in [0, 0.05) is 12.1 Å². The van der Waals surface area contributed by atoms with Crippen LogP contribution in [0.4, 0.5) is 0 Å². The zero-order valence-corrected chi connectivity index (χ0v) is 22.3. The van der Waals surface area contributed by atoms with Crippen molar-refractivity contribution in [2.75, 3.05) is 20.3 Å². The maximum Gasteiger partial charge on any atom is 0.240 e. The van der Waals surface area contributed by atoms with E-state index in [1.165, 1.54) is 12.1 Å². The largest absolute Gasteiger partial charge is 0.497 e. The fraction of sp³-hybridized carbons (Fsp3) is 0.478. The van der Waals surface area contributed by atoms with E-state index in [9.17, 15) is 13.5 Å². The number of halogens is 3. The molecule has 0 saturated heterocycles. The van der Waals surface area contributed by atoms with Crippen LogP contribution in [0.2, 0.25) is 0 Å². The topological polar surface area (TPSA) is 96.9 Å². The fourth-order valence-corrected chi connectivity index (χ4v) is 5.38. The lowest BCUT2D eigenvalue weighted by atomic mass is 9.94. The summed E-state index contributed by atoms with van der Waals surface area (Å²) in [5.74, 6) is 1.28. The highest BCUT2D eigenvalue weighted by Crippen LogP contribution is 2.35. The highest BCUT2D eigenvalue weighted by molar-refractivity contribution is 7.89. The zero-order chi connectivity index (χ0) is 24.2. The van der Waals surface area contributed by atoms with Gasteiger partial charge in [0.15, 0.2) is 0 Å². The van der Waals surface area contributed by atoms with Gasteiger partial charge in [-0.15, -0.1) is 35.6 Å². The van der Waals surface area contributed by atoms with Crippen LogP contribution in [-0.4, -0.2) is 62.2 Å². The molecule has 3 atom stereocenters. The number of benzene rings is 2. The first-order chi connectivity index (χ1) is 15.5. The molecule has 2 unspecified atom stereocenters. The number of alkyl halides is 2. The van der Waals surface area contributed by atoms with Crippen LogP contribution in [0.25, 0.3) is 0 Å². The lowest BCUT2D eigenvalue weighted by molar-refractivity contribution is 0.0988. The van der Waals surface area contributed by atoms with Crippen LogP contribution in [0, 0.1) is 0 Å². The summed E-state index contributed by atoms with van der Waals surface area (Å²) in [5, 5.41) is 12.9. The number of β-amino-alcohol motifs (C(OH)–C–C–N with tert-alkyl or cyclic N) is 1. The van der Waals surface area contributed by atoms with Gasteiger partial charge in [0.1, 0.15) is 24.2 Å². The molecule has 1 fully saturated rings. The number of hydrogen-bond donors (Lipinski definition) is 3. The molecular formula is C23H31Cl3N2O5S. The number of rotatable bonds is 12. The molecule has 0 aromatic heterocycles. The minimum Gasteiger partial charge on any atom is -0.497 e. The van der Waals surface area contributed by atoms with E-state index in [2.05, 4.69) is 23.9 Å². The predicted octanol–water partition coefficient (Wildman–Crippen LogP) is 3.34. The van der Waals surface area contributed by atoms with Gasteiger partial charge in [-0.3, -0.25) is 0 Å². The van der Waals surface area contributed by atoms with Crippen molar-refractivity contribution >= 4 is 45.6 Å². The van der Waals surface area contributed by atoms with Gasteiger partial charge in [-0.2, -0.15) is 0 Å². The second kappa shape index (κ2) is 12.1. The average molecular weight is 554 g/mol. The van der Waals surface area contributed by atoms with Crippen LogP contribution in [0.3, 0.4) is 0 Å². The van der Waals surface area contributed by atoms with Crippen LogP contribution in [0.5, 0.6) is 11.5 Å². The van der Waals surface area contributed by atoms with Gasteiger partial charge in [0.25, 0.3) is 0 Å². The van der Waals surface area contributed by atoms with Gasteiger partial charge in [0.2, 0.25) is 10.0 Å². The Morgan fingerprint density at radius 2 is 1.59 bits per heavy atom. The first-order valence-electron chi connectivity index (χ1n) is 10.6. The molecule has 0 bridgehead atoms. The Kier molecular flexibility index (Phi) is 10.3. The van der Waals surface area contributed by atoms with Crippen LogP contribution in [0.1, 0.15) is 19.4 Å². The van der Waals surface area contributed by atoms with Crippen molar-refractivity contribution in [3.63, 3.8) is 0 Å². The summed E-state index contributed by atoms with van der Waals surface area (Å²) in [5.41, 5.74) is 0.929. The number of nitrogens with one attached hydrogen (secondary N) is 2. The molecule has 0 spiro atoms. The first-order valence-corrected chi connectivity index (χ1v) is 13.0. The zero-order valence-electron chi connectivity index (χ0n) is 19.2. The van der Waals surface area contributed by atoms with Crippen molar-refractivity contribution in [1.82, 2.24) is 10.0 Å². The highest BCUT2D eigenvalue weighted by atomic mass is 35.5. The third-order valence-electron chi connectivity index (χ3n) is 5.34. The van der Waals surface area contributed by atoms with Crippen LogP contribution >= 0.6 is 35.6 Å². The van der Waals surface area contributed by atoms with Crippen molar-refractivity contribution in [2.45, 2.75) is 53.6 Å². The summed E-state index contributed by atoms with van der Waals surface area (Å²) in [7, 11) is -2.07. The summed E-state index contributed by atoms with van der Waals surface area (Å²) < 4.78 is 38.0. The molecule has 0 amide bonds. The Labute approximate surface area is 217 Å². The molecule has 1 aliphatic carbocycles. The van der Waals surface area contributed by atoms with Crippen molar-refractivity contribution in [1.29, 1.82) is 0 Å². The first kappa shape index (κ1) is 29.0. The third-order valence-corrected chi connectivity index (χ3v) is 8.03. The summed E-state index contributed by atoms with van der Waals surface area (Å²) >= 11 is 11.8. The van der Waals surface area contributed by atoms with E-state index >= 15 is 0 Å². The second-order valence-electron chi connectivity index (χ2n) is 8.76. The highest BCUT2D eigenvalue weighted by Gasteiger charge is 2.50. The standard InChI is InChI=1S/C23H30Cl2N2O5S.ClH/c1-23(2,12-15-4-6-17(31-3)7-5-15)26-13-16(28)14-32-18-8-10-19(11-9-18)33(29,30)27-22-20(24)21(22)25;/h4-11,16,20-22,26-28H,12-14H2,1-3H3;1H/t16-,20?,21?,22?;/m1./s1. The van der Waals surface area contributed by atoms with E-state index in [-0.39, 0.29) is 29.4 Å². The number of aliphatic hydroxyl groups excluding tert-OH is 1. The van der Waals surface area contributed by atoms with Crippen molar-refractivity contribution in [3.05, 3.63) is 54.1 Å².